The molecule has 0 aromatic carbocycles. The Hall–Kier alpha value is -1.86. The molecule has 1 aromatic heterocycles. The Balaban J connectivity index is 1.54. The van der Waals surface area contributed by atoms with Crippen LogP contribution < -0.4 is 11.1 Å². The Morgan fingerprint density at radius 1 is 1.33 bits per heavy atom. The summed E-state index contributed by atoms with van der Waals surface area (Å²) in [5, 5.41) is 3.05. The standard InChI is InChI=1S/C17H21N3O/c18-9-1-2-12-3-8-16(19-10-12)17(21)20-11-15(13-4-5-13)14-6-7-14/h3,8,10,13-15H,4-7,9,11,18H2,(H,20,21). The van der Waals surface area contributed by atoms with Crippen molar-refractivity contribution in [2.24, 2.45) is 23.5 Å². The number of aromatic nitrogens is 1. The first-order valence-electron chi connectivity index (χ1n) is 7.71. The first-order valence-corrected chi connectivity index (χ1v) is 7.71. The van der Waals surface area contributed by atoms with Crippen molar-refractivity contribution in [3.63, 3.8) is 0 Å². The normalized spacial score (nSPS) is 17.2. The lowest BCUT2D eigenvalue weighted by Crippen LogP contribution is -2.31. The van der Waals surface area contributed by atoms with E-state index >= 15 is 0 Å². The molecule has 1 amide bonds. The summed E-state index contributed by atoms with van der Waals surface area (Å²) < 4.78 is 0. The molecule has 4 nitrogen and oxygen atoms in total. The van der Waals surface area contributed by atoms with Gasteiger partial charge in [-0.2, -0.15) is 0 Å². The monoisotopic (exact) mass is 283 g/mol. The van der Waals surface area contributed by atoms with Gasteiger partial charge < -0.3 is 11.1 Å². The number of nitrogens with one attached hydrogen (secondary N) is 1. The molecule has 0 spiro atoms. The highest BCUT2D eigenvalue weighted by Crippen LogP contribution is 2.48. The molecule has 1 aromatic rings. The fourth-order valence-electron chi connectivity index (χ4n) is 2.82. The highest BCUT2D eigenvalue weighted by atomic mass is 16.1. The number of rotatable bonds is 5. The second kappa shape index (κ2) is 6.28. The Labute approximate surface area is 125 Å². The lowest BCUT2D eigenvalue weighted by Gasteiger charge is -2.15. The van der Waals surface area contributed by atoms with Crippen LogP contribution in [0.15, 0.2) is 18.3 Å². The van der Waals surface area contributed by atoms with Crippen molar-refractivity contribution in [1.29, 1.82) is 0 Å². The molecule has 3 N–H and O–H groups in total. The van der Waals surface area contributed by atoms with Crippen molar-refractivity contribution in [1.82, 2.24) is 10.3 Å². The number of carbonyl (C=O) groups is 1. The average Bonchev–Trinajstić information content (AvgIpc) is 3.38. The zero-order chi connectivity index (χ0) is 14.7. The van der Waals surface area contributed by atoms with Crippen molar-refractivity contribution in [2.45, 2.75) is 25.7 Å². The third kappa shape index (κ3) is 3.83. The molecule has 2 saturated carbocycles. The molecular formula is C17H21N3O. The Morgan fingerprint density at radius 3 is 2.57 bits per heavy atom. The first kappa shape index (κ1) is 14.1. The molecule has 0 aliphatic heterocycles. The van der Waals surface area contributed by atoms with E-state index < -0.39 is 0 Å². The molecule has 2 aliphatic carbocycles. The number of nitrogens with zero attached hydrogens (tertiary/aromatic N) is 1. The second-order valence-electron chi connectivity index (χ2n) is 5.99. The Bertz CT molecular complexity index is 550. The van der Waals surface area contributed by atoms with Gasteiger partial charge in [0.1, 0.15) is 5.69 Å². The maximum atomic E-state index is 12.1. The van der Waals surface area contributed by atoms with E-state index in [4.69, 9.17) is 5.73 Å². The van der Waals surface area contributed by atoms with Crippen LogP contribution in [0.2, 0.25) is 0 Å². The largest absolute Gasteiger partial charge is 0.350 e. The number of hydrogen-bond acceptors (Lipinski definition) is 3. The predicted molar refractivity (Wildman–Crippen MR) is 81.4 cm³/mol. The van der Waals surface area contributed by atoms with E-state index in [9.17, 15) is 4.79 Å². The van der Waals surface area contributed by atoms with E-state index in [1.54, 1.807) is 12.3 Å². The molecule has 1 heterocycles. The molecule has 0 saturated heterocycles. The van der Waals surface area contributed by atoms with E-state index in [1.807, 2.05) is 6.07 Å². The summed E-state index contributed by atoms with van der Waals surface area (Å²) in [6.45, 7) is 1.12. The van der Waals surface area contributed by atoms with Crippen LogP contribution in [0.25, 0.3) is 0 Å². The molecule has 2 aliphatic rings. The SMILES string of the molecule is NCC#Cc1ccc(C(=O)NCC(C2CC2)C2CC2)nc1. The fourth-order valence-corrected chi connectivity index (χ4v) is 2.82. The highest BCUT2D eigenvalue weighted by Gasteiger charge is 2.41. The zero-order valence-electron chi connectivity index (χ0n) is 12.1. The van der Waals surface area contributed by atoms with Crippen LogP contribution in [-0.4, -0.2) is 24.0 Å². The van der Waals surface area contributed by atoms with Crippen LogP contribution in [0, 0.1) is 29.6 Å². The van der Waals surface area contributed by atoms with Gasteiger partial charge >= 0.3 is 0 Å². The first-order chi connectivity index (χ1) is 10.3. The number of carbonyl (C=O) groups excluding carboxylic acids is 1. The lowest BCUT2D eigenvalue weighted by atomic mass is 9.98. The smallest absolute Gasteiger partial charge is 0.269 e. The molecule has 21 heavy (non-hydrogen) atoms. The third-order valence-electron chi connectivity index (χ3n) is 4.28. The van der Waals surface area contributed by atoms with Gasteiger partial charge in [-0.1, -0.05) is 11.8 Å². The number of pyridine rings is 1. The summed E-state index contributed by atoms with van der Waals surface area (Å²) in [5.74, 6) is 7.96. The molecule has 110 valence electrons. The van der Waals surface area contributed by atoms with E-state index in [2.05, 4.69) is 22.1 Å². The summed E-state index contributed by atoms with van der Waals surface area (Å²) in [5.41, 5.74) is 6.56. The Morgan fingerprint density at radius 2 is 2.05 bits per heavy atom. The van der Waals surface area contributed by atoms with Gasteiger partial charge in [0.05, 0.1) is 6.54 Å². The van der Waals surface area contributed by atoms with Crippen LogP contribution >= 0.6 is 0 Å². The van der Waals surface area contributed by atoms with Crippen molar-refractivity contribution in [3.05, 3.63) is 29.6 Å². The van der Waals surface area contributed by atoms with Gasteiger partial charge in [-0.05, 0) is 55.6 Å². The van der Waals surface area contributed by atoms with Gasteiger partial charge in [0.25, 0.3) is 5.91 Å². The van der Waals surface area contributed by atoms with Crippen molar-refractivity contribution in [2.75, 3.05) is 13.1 Å². The van der Waals surface area contributed by atoms with Crippen LogP contribution in [0.3, 0.4) is 0 Å². The fraction of sp³-hybridized carbons (Fsp3) is 0.529. The van der Waals surface area contributed by atoms with Crippen molar-refractivity contribution < 1.29 is 4.79 Å². The van der Waals surface area contributed by atoms with Gasteiger partial charge in [0, 0.05) is 18.3 Å². The van der Waals surface area contributed by atoms with Crippen LogP contribution in [0.5, 0.6) is 0 Å². The number of nitrogens with two attached hydrogens (primary N) is 1. The minimum absolute atomic E-state index is 0.0837. The molecule has 4 heteroatoms. The molecule has 0 atom stereocenters. The highest BCUT2D eigenvalue weighted by molar-refractivity contribution is 5.92. The molecule has 2 fully saturated rings. The minimum Gasteiger partial charge on any atom is -0.350 e. The Kier molecular flexibility index (Phi) is 4.21. The van der Waals surface area contributed by atoms with E-state index in [1.165, 1.54) is 25.7 Å². The number of amides is 1. The summed E-state index contributed by atoms with van der Waals surface area (Å²) in [6.07, 6.45) is 6.97. The summed E-state index contributed by atoms with van der Waals surface area (Å²) in [7, 11) is 0. The molecule has 0 radical (unpaired) electrons. The third-order valence-corrected chi connectivity index (χ3v) is 4.28. The quantitative estimate of drug-likeness (QED) is 0.806. The van der Waals surface area contributed by atoms with Crippen molar-refractivity contribution in [3.8, 4) is 11.8 Å². The maximum Gasteiger partial charge on any atom is 0.269 e. The zero-order valence-corrected chi connectivity index (χ0v) is 12.1. The van der Waals surface area contributed by atoms with Gasteiger partial charge in [0.2, 0.25) is 0 Å². The second-order valence-corrected chi connectivity index (χ2v) is 5.99. The molecule has 3 rings (SSSR count). The van der Waals surface area contributed by atoms with Gasteiger partial charge in [-0.25, -0.2) is 4.98 Å². The summed E-state index contributed by atoms with van der Waals surface area (Å²) in [6, 6.07) is 3.53. The van der Waals surface area contributed by atoms with E-state index in [0.717, 1.165) is 23.9 Å². The summed E-state index contributed by atoms with van der Waals surface area (Å²) in [4.78, 5) is 16.3. The maximum absolute atomic E-state index is 12.1. The predicted octanol–water partition coefficient (Wildman–Crippen LogP) is 1.56. The molecule has 0 bridgehead atoms. The van der Waals surface area contributed by atoms with E-state index in [0.29, 0.717) is 18.2 Å². The van der Waals surface area contributed by atoms with Crippen LogP contribution in [-0.2, 0) is 0 Å². The van der Waals surface area contributed by atoms with Crippen molar-refractivity contribution >= 4 is 5.91 Å². The van der Waals surface area contributed by atoms with Crippen LogP contribution in [0.4, 0.5) is 0 Å². The van der Waals surface area contributed by atoms with Gasteiger partial charge in [0.15, 0.2) is 0 Å². The summed E-state index contributed by atoms with van der Waals surface area (Å²) >= 11 is 0. The number of hydrogen-bond donors (Lipinski definition) is 2. The van der Waals surface area contributed by atoms with Crippen LogP contribution in [0.1, 0.15) is 41.7 Å². The molecular weight excluding hydrogens is 262 g/mol. The topological polar surface area (TPSA) is 68.0 Å². The van der Waals surface area contributed by atoms with Gasteiger partial charge in [-0.3, -0.25) is 4.79 Å². The molecule has 0 unspecified atom stereocenters. The lowest BCUT2D eigenvalue weighted by molar-refractivity contribution is 0.0938. The van der Waals surface area contributed by atoms with Gasteiger partial charge in [-0.15, -0.1) is 0 Å². The average molecular weight is 283 g/mol. The minimum atomic E-state index is -0.0837. The van der Waals surface area contributed by atoms with E-state index in [-0.39, 0.29) is 5.91 Å².